The van der Waals surface area contributed by atoms with Gasteiger partial charge in [-0.1, -0.05) is 0 Å². The van der Waals surface area contributed by atoms with Gasteiger partial charge in [0.25, 0.3) is 0 Å². The molecule has 0 spiro atoms. The predicted octanol–water partition coefficient (Wildman–Crippen LogP) is 5.43. The fraction of sp³-hybridized carbons (Fsp3) is 0.174. The number of nitriles is 5. The lowest BCUT2D eigenvalue weighted by Crippen LogP contribution is -2.35. The van der Waals surface area contributed by atoms with Crippen molar-refractivity contribution in [1.29, 1.82) is 26.3 Å². The second-order valence-electron chi connectivity index (χ2n) is 7.34. The first-order chi connectivity index (χ1) is 18.2. The lowest BCUT2D eigenvalue weighted by Gasteiger charge is -2.18. The highest BCUT2D eigenvalue weighted by molar-refractivity contribution is 5.81. The van der Waals surface area contributed by atoms with Crippen LogP contribution in [0.25, 0.3) is 11.1 Å². The summed E-state index contributed by atoms with van der Waals surface area (Å²) in [6.45, 7) is 0. The third-order valence-electron chi connectivity index (χ3n) is 5.03. The largest absolute Gasteiger partial charge is 0.418 e. The summed E-state index contributed by atoms with van der Waals surface area (Å²) in [7, 11) is 0. The molecule has 0 unspecified atom stereocenters. The topological polar surface area (TPSA) is 119 Å². The summed E-state index contributed by atoms with van der Waals surface area (Å²) in [5, 5.41) is 41.9. The summed E-state index contributed by atoms with van der Waals surface area (Å²) in [6.07, 6.45) is -23.3. The van der Waals surface area contributed by atoms with E-state index in [1.54, 1.807) is 0 Å². The molecule has 0 amide bonds. The minimum absolute atomic E-state index is 0.288. The Labute approximate surface area is 213 Å². The Balaban J connectivity index is 3.56. The van der Waals surface area contributed by atoms with Crippen molar-refractivity contribution < 1.29 is 52.7 Å². The Morgan fingerprint density at radius 3 is 1.25 bits per heavy atom. The van der Waals surface area contributed by atoms with Gasteiger partial charge in [-0.25, -0.2) is 0 Å². The molecule has 0 aliphatic heterocycles. The normalized spacial score (nSPS) is 12.8. The average molecular weight is 577 g/mol. The van der Waals surface area contributed by atoms with Crippen molar-refractivity contribution >= 4 is 11.1 Å². The SMILES string of the molecule is N#CC(C#N)=c1c(C(F)(F)F)c/c(=C(\C#N)c2cc(C(F)(F)F)c(C#N)c(C(F)(F)F)c2)c(C#N)c1C(F)(F)F. The van der Waals surface area contributed by atoms with E-state index in [0.717, 1.165) is 24.3 Å². The van der Waals surface area contributed by atoms with Crippen LogP contribution in [0.15, 0.2) is 18.2 Å². The van der Waals surface area contributed by atoms with E-state index in [-0.39, 0.29) is 18.2 Å². The van der Waals surface area contributed by atoms with Gasteiger partial charge in [-0.2, -0.15) is 79.0 Å². The first kappa shape index (κ1) is 31.0. The number of nitrogens with zero attached hydrogens (tertiary/aromatic N) is 5. The third-order valence-corrected chi connectivity index (χ3v) is 5.03. The van der Waals surface area contributed by atoms with Crippen LogP contribution in [0, 0.1) is 56.7 Å². The summed E-state index contributed by atoms with van der Waals surface area (Å²) >= 11 is 0. The fourth-order valence-electron chi connectivity index (χ4n) is 3.53. The molecule has 0 aliphatic rings. The highest BCUT2D eigenvalue weighted by atomic mass is 19.4. The summed E-state index contributed by atoms with van der Waals surface area (Å²) in [5.41, 5.74) is -18.6. The van der Waals surface area contributed by atoms with Crippen LogP contribution in [0.5, 0.6) is 0 Å². The third kappa shape index (κ3) is 5.62. The highest BCUT2D eigenvalue weighted by Crippen LogP contribution is 2.41. The molecule has 0 saturated carbocycles. The lowest BCUT2D eigenvalue weighted by atomic mass is 9.89. The number of benzene rings is 2. The van der Waals surface area contributed by atoms with Gasteiger partial charge in [-0.05, 0) is 23.8 Å². The second kappa shape index (κ2) is 10.2. The maximum atomic E-state index is 14.0. The van der Waals surface area contributed by atoms with Crippen LogP contribution < -0.4 is 10.4 Å². The van der Waals surface area contributed by atoms with Crippen LogP contribution in [0.4, 0.5) is 52.7 Å². The zero-order valence-electron chi connectivity index (χ0n) is 18.5. The Bertz CT molecular complexity index is 1690. The predicted molar refractivity (Wildman–Crippen MR) is 104 cm³/mol. The monoisotopic (exact) mass is 577 g/mol. The maximum absolute atomic E-state index is 14.0. The first-order valence-electron chi connectivity index (χ1n) is 9.62. The van der Waals surface area contributed by atoms with Crippen molar-refractivity contribution in [3.05, 3.63) is 67.6 Å². The van der Waals surface area contributed by atoms with E-state index < -0.39 is 85.2 Å². The molecule has 2 aromatic carbocycles. The van der Waals surface area contributed by atoms with Crippen LogP contribution in [0.2, 0.25) is 0 Å². The molecular weight excluding hydrogens is 574 g/mol. The molecule has 17 heteroatoms. The smallest absolute Gasteiger partial charge is 0.192 e. The van der Waals surface area contributed by atoms with E-state index >= 15 is 0 Å². The Kier molecular flexibility index (Phi) is 7.88. The number of rotatable bonds is 1. The van der Waals surface area contributed by atoms with E-state index in [9.17, 15) is 63.2 Å². The van der Waals surface area contributed by atoms with Crippen molar-refractivity contribution in [3.63, 3.8) is 0 Å². The second-order valence-corrected chi connectivity index (χ2v) is 7.34. The molecule has 5 nitrogen and oxygen atoms in total. The molecule has 0 radical (unpaired) electrons. The standard InChI is InChI=1S/C23H3F12N5/c24-20(25,26)15-1-9(2-16(14(15)8-40)21(27,28)29)12(6-38)11-3-17(22(30,31)32)18(10(4-36)5-37)19(13(11)7-39)23(33,34)35/h1-3H/b12-11-. The first-order valence-corrected chi connectivity index (χ1v) is 9.62. The molecule has 2 aromatic rings. The number of alkyl halides is 12. The molecule has 0 saturated heterocycles. The van der Waals surface area contributed by atoms with Gasteiger partial charge >= 0.3 is 24.7 Å². The number of hydrogen-bond donors (Lipinski definition) is 0. The Hall–Kier alpha value is -5.21. The van der Waals surface area contributed by atoms with Gasteiger partial charge in [-0.3, -0.25) is 0 Å². The van der Waals surface area contributed by atoms with Crippen LogP contribution in [0.3, 0.4) is 0 Å². The van der Waals surface area contributed by atoms with Gasteiger partial charge < -0.3 is 0 Å². The molecule has 0 fully saturated rings. The molecule has 0 N–H and O–H groups in total. The van der Waals surface area contributed by atoms with Gasteiger partial charge in [0.2, 0.25) is 0 Å². The quantitative estimate of drug-likeness (QED) is 0.419. The minimum atomic E-state index is -5.98. The molecular formula is C23H3F12N5. The zero-order valence-corrected chi connectivity index (χ0v) is 18.5. The van der Waals surface area contributed by atoms with Crippen molar-refractivity contribution in [2.75, 3.05) is 0 Å². The van der Waals surface area contributed by atoms with Crippen molar-refractivity contribution in [2.45, 2.75) is 24.7 Å². The summed E-state index contributed by atoms with van der Waals surface area (Å²) in [6, 6.07) is 3.02. The van der Waals surface area contributed by atoms with Crippen LogP contribution in [0.1, 0.15) is 38.9 Å². The molecule has 0 aromatic heterocycles. The molecule has 0 atom stereocenters. The van der Waals surface area contributed by atoms with Crippen molar-refractivity contribution in [2.24, 2.45) is 0 Å². The Morgan fingerprint density at radius 2 is 0.950 bits per heavy atom. The minimum Gasteiger partial charge on any atom is -0.192 e. The lowest BCUT2D eigenvalue weighted by molar-refractivity contribution is -0.145. The van der Waals surface area contributed by atoms with E-state index in [1.165, 1.54) is 0 Å². The van der Waals surface area contributed by atoms with E-state index in [2.05, 4.69) is 0 Å². The average Bonchev–Trinajstić information content (AvgIpc) is 2.82. The van der Waals surface area contributed by atoms with Gasteiger partial charge in [0, 0.05) is 10.4 Å². The molecule has 204 valence electrons. The summed E-state index contributed by atoms with van der Waals surface area (Å²) in [4.78, 5) is 0. The molecule has 40 heavy (non-hydrogen) atoms. The van der Waals surface area contributed by atoms with Crippen molar-refractivity contribution in [3.8, 4) is 30.3 Å². The van der Waals surface area contributed by atoms with Crippen LogP contribution >= 0.6 is 0 Å². The van der Waals surface area contributed by atoms with Gasteiger partial charge in [0.15, 0.2) is 0 Å². The highest BCUT2D eigenvalue weighted by Gasteiger charge is 2.44. The number of hydrogen-bond acceptors (Lipinski definition) is 5. The van der Waals surface area contributed by atoms with E-state index in [1.807, 2.05) is 0 Å². The molecule has 0 heterocycles. The number of halogens is 12. The van der Waals surface area contributed by atoms with Gasteiger partial charge in [0.05, 0.1) is 39.0 Å². The summed E-state index contributed by atoms with van der Waals surface area (Å²) in [5.74, 6) is 0. The van der Waals surface area contributed by atoms with Crippen LogP contribution in [-0.4, -0.2) is 0 Å². The molecule has 0 aliphatic carbocycles. The van der Waals surface area contributed by atoms with Gasteiger partial charge in [-0.15, -0.1) is 0 Å². The van der Waals surface area contributed by atoms with E-state index in [0.29, 0.717) is 6.07 Å². The Morgan fingerprint density at radius 1 is 0.525 bits per heavy atom. The van der Waals surface area contributed by atoms with Gasteiger partial charge in [0.1, 0.15) is 35.9 Å². The fourth-order valence-corrected chi connectivity index (χ4v) is 3.53. The van der Waals surface area contributed by atoms with Crippen LogP contribution in [-0.2, 0) is 24.7 Å². The summed E-state index contributed by atoms with van der Waals surface area (Å²) < 4.78 is 165. The molecule has 0 bridgehead atoms. The zero-order chi connectivity index (χ0) is 31.0. The maximum Gasteiger partial charge on any atom is 0.418 e. The van der Waals surface area contributed by atoms with Crippen molar-refractivity contribution in [1.82, 2.24) is 0 Å². The van der Waals surface area contributed by atoms with E-state index in [4.69, 9.17) is 15.8 Å². The molecule has 2 rings (SSSR count).